The summed E-state index contributed by atoms with van der Waals surface area (Å²) in [7, 11) is 1.71. The number of methoxy groups -OCH3 is 1. The first-order valence-electron chi connectivity index (χ1n) is 13.8. The van der Waals surface area contributed by atoms with Crippen LogP contribution in [0.2, 0.25) is 0 Å². The molecule has 4 N–H and O–H groups in total. The Labute approximate surface area is 230 Å². The molecule has 0 aliphatic rings. The summed E-state index contributed by atoms with van der Waals surface area (Å²) < 4.78 is 5.37. The SMILES string of the molecule is CCCCC(CC)CSc1cc(OC)c(C)cc1N.CCCCC(CC)CSc1ccc(C)cc1N. The van der Waals surface area contributed by atoms with E-state index < -0.39 is 0 Å². The van der Waals surface area contributed by atoms with Crippen LogP contribution in [-0.2, 0) is 0 Å². The number of hydrogen-bond donors (Lipinski definition) is 2. The van der Waals surface area contributed by atoms with E-state index in [0.717, 1.165) is 45.2 Å². The van der Waals surface area contributed by atoms with Crippen molar-refractivity contribution in [3.8, 4) is 5.75 Å². The topological polar surface area (TPSA) is 61.3 Å². The highest BCUT2D eigenvalue weighted by atomic mass is 32.2. The van der Waals surface area contributed by atoms with Gasteiger partial charge in [-0.25, -0.2) is 0 Å². The Balaban J connectivity index is 0.000000362. The number of hydrogen-bond acceptors (Lipinski definition) is 5. The monoisotopic (exact) mass is 532 g/mol. The fourth-order valence-corrected chi connectivity index (χ4v) is 6.49. The van der Waals surface area contributed by atoms with E-state index in [2.05, 4.69) is 58.9 Å². The second-order valence-corrected chi connectivity index (χ2v) is 12.0. The Hall–Kier alpha value is -1.46. The van der Waals surface area contributed by atoms with Crippen LogP contribution in [0.25, 0.3) is 0 Å². The Morgan fingerprint density at radius 1 is 0.750 bits per heavy atom. The molecule has 204 valence electrons. The Morgan fingerprint density at radius 3 is 1.75 bits per heavy atom. The second-order valence-electron chi connectivity index (χ2n) is 9.86. The Kier molecular flexibility index (Phi) is 16.9. The molecule has 2 rings (SSSR count). The van der Waals surface area contributed by atoms with E-state index in [4.69, 9.17) is 16.2 Å². The zero-order valence-electron chi connectivity index (χ0n) is 24.0. The smallest absolute Gasteiger partial charge is 0.123 e. The van der Waals surface area contributed by atoms with E-state index in [1.165, 1.54) is 67.6 Å². The van der Waals surface area contributed by atoms with E-state index in [-0.39, 0.29) is 0 Å². The maximum Gasteiger partial charge on any atom is 0.123 e. The number of aryl methyl sites for hydroxylation is 2. The molecule has 0 saturated carbocycles. The van der Waals surface area contributed by atoms with Crippen molar-refractivity contribution in [2.24, 2.45) is 11.8 Å². The quantitative estimate of drug-likeness (QED) is 0.176. The lowest BCUT2D eigenvalue weighted by atomic mass is 10.0. The minimum Gasteiger partial charge on any atom is -0.496 e. The molecule has 3 nitrogen and oxygen atoms in total. The van der Waals surface area contributed by atoms with E-state index in [1.807, 2.05) is 36.5 Å². The predicted octanol–water partition coefficient (Wildman–Crippen LogP) is 9.78. The highest BCUT2D eigenvalue weighted by Gasteiger charge is 2.11. The molecule has 0 aromatic heterocycles. The number of ether oxygens (including phenoxy) is 1. The largest absolute Gasteiger partial charge is 0.496 e. The molecule has 0 aliphatic heterocycles. The fourth-order valence-electron chi connectivity index (χ4n) is 4.05. The summed E-state index contributed by atoms with van der Waals surface area (Å²) in [6, 6.07) is 10.4. The van der Waals surface area contributed by atoms with Crippen LogP contribution in [-0.4, -0.2) is 18.6 Å². The van der Waals surface area contributed by atoms with Crippen LogP contribution in [0.1, 0.15) is 90.2 Å². The van der Waals surface area contributed by atoms with Gasteiger partial charge in [0.1, 0.15) is 5.75 Å². The zero-order chi connectivity index (χ0) is 26.9. The van der Waals surface area contributed by atoms with Gasteiger partial charge in [-0.1, -0.05) is 72.3 Å². The molecule has 0 spiro atoms. The van der Waals surface area contributed by atoms with Gasteiger partial charge in [-0.2, -0.15) is 0 Å². The fraction of sp³-hybridized carbons (Fsp3) is 0.613. The standard InChI is InChI=1S/C16H27NOS.C15H25NS/c1-5-7-8-13(6-2)11-19-16-10-15(18-4)12(3)9-14(16)17;1-4-6-7-13(5-2)11-17-15-9-8-12(3)10-14(15)16/h9-10,13H,5-8,11,17H2,1-4H3;8-10,13H,4-7,11,16H2,1-3H3. The van der Waals surface area contributed by atoms with Crippen molar-refractivity contribution >= 4 is 34.9 Å². The minimum absolute atomic E-state index is 0.789. The molecule has 0 fully saturated rings. The van der Waals surface area contributed by atoms with E-state index in [9.17, 15) is 0 Å². The molecule has 36 heavy (non-hydrogen) atoms. The molecule has 0 saturated heterocycles. The minimum atomic E-state index is 0.789. The van der Waals surface area contributed by atoms with Gasteiger partial charge in [0, 0.05) is 32.7 Å². The van der Waals surface area contributed by atoms with Crippen LogP contribution < -0.4 is 16.2 Å². The van der Waals surface area contributed by atoms with Gasteiger partial charge in [-0.15, -0.1) is 23.5 Å². The van der Waals surface area contributed by atoms with Crippen molar-refractivity contribution in [3.05, 3.63) is 41.5 Å². The molecule has 2 unspecified atom stereocenters. The average molecular weight is 533 g/mol. The first kappa shape index (κ1) is 32.6. The van der Waals surface area contributed by atoms with Gasteiger partial charge in [-0.05, 0) is 73.9 Å². The molecular weight excluding hydrogens is 480 g/mol. The number of nitrogen functional groups attached to an aromatic ring is 2. The van der Waals surface area contributed by atoms with Gasteiger partial charge in [-0.3, -0.25) is 0 Å². The lowest BCUT2D eigenvalue weighted by Crippen LogP contribution is -2.03. The number of anilines is 2. The van der Waals surface area contributed by atoms with Crippen LogP contribution in [0.3, 0.4) is 0 Å². The summed E-state index contributed by atoms with van der Waals surface area (Å²) in [5.41, 5.74) is 16.3. The number of benzene rings is 2. The first-order valence-corrected chi connectivity index (χ1v) is 15.8. The van der Waals surface area contributed by atoms with Crippen LogP contribution in [0.15, 0.2) is 40.1 Å². The maximum atomic E-state index is 6.10. The molecule has 0 aliphatic carbocycles. The third-order valence-electron chi connectivity index (χ3n) is 6.73. The van der Waals surface area contributed by atoms with Crippen molar-refractivity contribution in [1.29, 1.82) is 0 Å². The van der Waals surface area contributed by atoms with Crippen molar-refractivity contribution in [3.63, 3.8) is 0 Å². The van der Waals surface area contributed by atoms with Crippen molar-refractivity contribution < 1.29 is 4.74 Å². The highest BCUT2D eigenvalue weighted by molar-refractivity contribution is 7.99. The number of thioether (sulfide) groups is 2. The third kappa shape index (κ3) is 12.2. The average Bonchev–Trinajstić information content (AvgIpc) is 2.86. The summed E-state index contributed by atoms with van der Waals surface area (Å²) in [6.07, 6.45) is 10.5. The molecule has 0 bridgehead atoms. The number of rotatable bonds is 15. The van der Waals surface area contributed by atoms with Crippen LogP contribution in [0, 0.1) is 25.7 Å². The summed E-state index contributed by atoms with van der Waals surface area (Å²) in [4.78, 5) is 2.39. The van der Waals surface area contributed by atoms with Crippen molar-refractivity contribution in [2.75, 3.05) is 30.1 Å². The summed E-state index contributed by atoms with van der Waals surface area (Å²) in [5.74, 6) is 4.90. The molecule has 5 heteroatoms. The molecule has 2 aromatic rings. The maximum absolute atomic E-state index is 6.10. The lowest BCUT2D eigenvalue weighted by Gasteiger charge is -2.16. The normalized spacial score (nSPS) is 12.5. The van der Waals surface area contributed by atoms with Crippen LogP contribution in [0.4, 0.5) is 11.4 Å². The number of nitrogens with two attached hydrogens (primary N) is 2. The van der Waals surface area contributed by atoms with E-state index >= 15 is 0 Å². The molecule has 2 atom stereocenters. The van der Waals surface area contributed by atoms with Crippen molar-refractivity contribution in [1.82, 2.24) is 0 Å². The first-order chi connectivity index (χ1) is 17.3. The molecule has 0 heterocycles. The molecular formula is C31H52N2OS2. The van der Waals surface area contributed by atoms with Gasteiger partial charge >= 0.3 is 0 Å². The molecule has 0 radical (unpaired) electrons. The zero-order valence-corrected chi connectivity index (χ0v) is 25.6. The van der Waals surface area contributed by atoms with Crippen molar-refractivity contribution in [2.45, 2.75) is 103 Å². The Bertz CT molecular complexity index is 872. The van der Waals surface area contributed by atoms with Gasteiger partial charge in [0.2, 0.25) is 0 Å². The van der Waals surface area contributed by atoms with Gasteiger partial charge in [0.15, 0.2) is 0 Å². The Morgan fingerprint density at radius 2 is 1.28 bits per heavy atom. The van der Waals surface area contributed by atoms with E-state index in [1.54, 1.807) is 7.11 Å². The highest BCUT2D eigenvalue weighted by Crippen LogP contribution is 2.34. The molecule has 2 aromatic carbocycles. The van der Waals surface area contributed by atoms with Crippen LogP contribution >= 0.6 is 23.5 Å². The number of unbranched alkanes of at least 4 members (excludes halogenated alkanes) is 2. The van der Waals surface area contributed by atoms with Gasteiger partial charge < -0.3 is 16.2 Å². The van der Waals surface area contributed by atoms with E-state index in [0.29, 0.717) is 0 Å². The summed E-state index contributed by atoms with van der Waals surface area (Å²) in [6.45, 7) is 13.2. The van der Waals surface area contributed by atoms with Crippen LogP contribution in [0.5, 0.6) is 5.75 Å². The lowest BCUT2D eigenvalue weighted by molar-refractivity contribution is 0.410. The second kappa shape index (κ2) is 18.7. The summed E-state index contributed by atoms with van der Waals surface area (Å²) in [5, 5.41) is 0. The predicted molar refractivity (Wildman–Crippen MR) is 166 cm³/mol. The third-order valence-corrected chi connectivity index (χ3v) is 9.35. The molecule has 0 amide bonds. The summed E-state index contributed by atoms with van der Waals surface area (Å²) >= 11 is 3.78. The van der Waals surface area contributed by atoms with Gasteiger partial charge in [0.05, 0.1) is 7.11 Å². The van der Waals surface area contributed by atoms with Gasteiger partial charge in [0.25, 0.3) is 0 Å².